The maximum atomic E-state index is 12.0. The van der Waals surface area contributed by atoms with Gasteiger partial charge in [-0.05, 0) is 12.0 Å². The summed E-state index contributed by atoms with van der Waals surface area (Å²) in [7, 11) is 1.89. The molecule has 0 bridgehead atoms. The summed E-state index contributed by atoms with van der Waals surface area (Å²) < 4.78 is 1.86. The predicted molar refractivity (Wildman–Crippen MR) is 74.5 cm³/mol. The van der Waals surface area contributed by atoms with E-state index in [-0.39, 0.29) is 11.9 Å². The fourth-order valence-electron chi connectivity index (χ4n) is 2.06. The van der Waals surface area contributed by atoms with Crippen LogP contribution in [0.5, 0.6) is 0 Å². The first-order valence-corrected chi connectivity index (χ1v) is 6.51. The first-order chi connectivity index (χ1) is 9.20. The van der Waals surface area contributed by atoms with Crippen molar-refractivity contribution in [2.24, 2.45) is 7.05 Å². The van der Waals surface area contributed by atoms with E-state index in [1.807, 2.05) is 48.1 Å². The lowest BCUT2D eigenvalue weighted by Gasteiger charge is -2.17. The minimum Gasteiger partial charge on any atom is -0.349 e. The minimum atomic E-state index is 0.00463. The Morgan fingerprint density at radius 1 is 1.37 bits per heavy atom. The van der Waals surface area contributed by atoms with Crippen molar-refractivity contribution in [1.82, 2.24) is 14.9 Å². The smallest absolute Gasteiger partial charge is 0.228 e. The van der Waals surface area contributed by atoms with Gasteiger partial charge in [0.1, 0.15) is 5.82 Å². The van der Waals surface area contributed by atoms with Gasteiger partial charge in [-0.1, -0.05) is 37.3 Å². The molecule has 2 aromatic rings. The largest absolute Gasteiger partial charge is 0.349 e. The zero-order valence-electron chi connectivity index (χ0n) is 11.3. The van der Waals surface area contributed by atoms with E-state index in [0.717, 1.165) is 17.8 Å². The van der Waals surface area contributed by atoms with Crippen molar-refractivity contribution >= 4 is 5.91 Å². The van der Waals surface area contributed by atoms with Crippen LogP contribution < -0.4 is 5.32 Å². The van der Waals surface area contributed by atoms with Gasteiger partial charge in [-0.15, -0.1) is 0 Å². The number of nitrogens with one attached hydrogen (secondary N) is 1. The van der Waals surface area contributed by atoms with E-state index in [1.54, 1.807) is 6.20 Å². The third kappa shape index (κ3) is 3.44. The van der Waals surface area contributed by atoms with Crippen molar-refractivity contribution in [2.75, 3.05) is 0 Å². The lowest BCUT2D eigenvalue weighted by Crippen LogP contribution is -2.30. The average Bonchev–Trinajstić information content (AvgIpc) is 2.82. The normalized spacial score (nSPS) is 12.1. The molecule has 2 rings (SSSR count). The number of nitrogens with zero attached hydrogens (tertiary/aromatic N) is 2. The molecule has 1 amide bonds. The van der Waals surface area contributed by atoms with E-state index in [4.69, 9.17) is 0 Å². The highest BCUT2D eigenvalue weighted by Gasteiger charge is 2.14. The topological polar surface area (TPSA) is 46.9 Å². The number of imidazole rings is 1. The Bertz CT molecular complexity index is 533. The predicted octanol–water partition coefficient (Wildman–Crippen LogP) is 2.23. The van der Waals surface area contributed by atoms with E-state index >= 15 is 0 Å². The molecule has 0 spiro atoms. The molecule has 0 saturated carbocycles. The summed E-state index contributed by atoms with van der Waals surface area (Å²) in [6.45, 7) is 2.07. The lowest BCUT2D eigenvalue weighted by atomic mass is 10.0. The second-order valence-corrected chi connectivity index (χ2v) is 4.57. The summed E-state index contributed by atoms with van der Waals surface area (Å²) in [6.07, 6.45) is 4.73. The van der Waals surface area contributed by atoms with Crippen LogP contribution in [0.3, 0.4) is 0 Å². The summed E-state index contributed by atoms with van der Waals surface area (Å²) >= 11 is 0. The van der Waals surface area contributed by atoms with Gasteiger partial charge in [-0.3, -0.25) is 4.79 Å². The standard InChI is InChI=1S/C15H19N3O/c1-3-13(12-7-5-4-6-8-12)17-15(19)11-14-16-9-10-18(14)2/h4-10,13H,3,11H2,1-2H3,(H,17,19). The number of hydrogen-bond donors (Lipinski definition) is 1. The molecule has 1 unspecified atom stereocenters. The van der Waals surface area contributed by atoms with Crippen molar-refractivity contribution in [3.63, 3.8) is 0 Å². The van der Waals surface area contributed by atoms with Gasteiger partial charge in [0.15, 0.2) is 0 Å². The molecule has 0 aliphatic heterocycles. The molecule has 0 radical (unpaired) electrons. The van der Waals surface area contributed by atoms with Gasteiger partial charge in [0.25, 0.3) is 0 Å². The van der Waals surface area contributed by atoms with Crippen LogP contribution in [0.2, 0.25) is 0 Å². The Balaban J connectivity index is 1.99. The van der Waals surface area contributed by atoms with Crippen LogP contribution in [0.15, 0.2) is 42.7 Å². The summed E-state index contributed by atoms with van der Waals surface area (Å²) in [5.41, 5.74) is 1.14. The highest BCUT2D eigenvalue weighted by molar-refractivity contribution is 5.78. The van der Waals surface area contributed by atoms with E-state index in [2.05, 4.69) is 17.2 Å². The Kier molecular flexibility index (Phi) is 4.34. The van der Waals surface area contributed by atoms with Crippen molar-refractivity contribution in [3.8, 4) is 0 Å². The molecule has 1 aromatic heterocycles. The molecule has 0 aliphatic carbocycles. The van der Waals surface area contributed by atoms with Crippen LogP contribution in [-0.4, -0.2) is 15.5 Å². The highest BCUT2D eigenvalue weighted by atomic mass is 16.1. The number of carbonyl (C=O) groups excluding carboxylic acids is 1. The van der Waals surface area contributed by atoms with E-state index in [0.29, 0.717) is 6.42 Å². The maximum absolute atomic E-state index is 12.0. The van der Waals surface area contributed by atoms with Gasteiger partial charge in [-0.2, -0.15) is 0 Å². The van der Waals surface area contributed by atoms with Crippen LogP contribution in [0.25, 0.3) is 0 Å². The number of carbonyl (C=O) groups is 1. The Labute approximate surface area is 113 Å². The summed E-state index contributed by atoms with van der Waals surface area (Å²) in [4.78, 5) is 16.2. The summed E-state index contributed by atoms with van der Waals surface area (Å²) in [6, 6.07) is 10.1. The molecule has 4 nitrogen and oxygen atoms in total. The van der Waals surface area contributed by atoms with Crippen molar-refractivity contribution in [3.05, 3.63) is 54.1 Å². The summed E-state index contributed by atoms with van der Waals surface area (Å²) in [5, 5.41) is 3.06. The van der Waals surface area contributed by atoms with Gasteiger partial charge in [0.05, 0.1) is 12.5 Å². The molecule has 0 fully saturated rings. The van der Waals surface area contributed by atoms with Crippen LogP contribution in [0, 0.1) is 0 Å². The molecule has 100 valence electrons. The molecule has 19 heavy (non-hydrogen) atoms. The van der Waals surface area contributed by atoms with E-state index < -0.39 is 0 Å². The molecule has 4 heteroatoms. The number of aromatic nitrogens is 2. The Hall–Kier alpha value is -2.10. The Morgan fingerprint density at radius 3 is 2.68 bits per heavy atom. The zero-order chi connectivity index (χ0) is 13.7. The van der Waals surface area contributed by atoms with Gasteiger partial charge in [0.2, 0.25) is 5.91 Å². The van der Waals surface area contributed by atoms with Gasteiger partial charge in [0, 0.05) is 19.4 Å². The molecule has 0 aliphatic rings. The van der Waals surface area contributed by atoms with E-state index in [1.165, 1.54) is 0 Å². The first kappa shape index (κ1) is 13.3. The quantitative estimate of drug-likeness (QED) is 0.893. The van der Waals surface area contributed by atoms with Crippen LogP contribution in [0.4, 0.5) is 0 Å². The fraction of sp³-hybridized carbons (Fsp3) is 0.333. The second-order valence-electron chi connectivity index (χ2n) is 4.57. The first-order valence-electron chi connectivity index (χ1n) is 6.51. The third-order valence-corrected chi connectivity index (χ3v) is 3.19. The highest BCUT2D eigenvalue weighted by Crippen LogP contribution is 2.15. The number of rotatable bonds is 5. The Morgan fingerprint density at radius 2 is 2.11 bits per heavy atom. The van der Waals surface area contributed by atoms with E-state index in [9.17, 15) is 4.79 Å². The van der Waals surface area contributed by atoms with Gasteiger partial charge in [-0.25, -0.2) is 4.98 Å². The number of hydrogen-bond acceptors (Lipinski definition) is 2. The molecule has 1 N–H and O–H groups in total. The molecular weight excluding hydrogens is 238 g/mol. The SMILES string of the molecule is CCC(NC(=O)Cc1nccn1C)c1ccccc1. The third-order valence-electron chi connectivity index (χ3n) is 3.19. The monoisotopic (exact) mass is 257 g/mol. The molecule has 1 aromatic carbocycles. The van der Waals surface area contributed by atoms with Crippen molar-refractivity contribution in [2.45, 2.75) is 25.8 Å². The average molecular weight is 257 g/mol. The maximum Gasteiger partial charge on any atom is 0.228 e. The summed E-state index contributed by atoms with van der Waals surface area (Å²) in [5.74, 6) is 0.783. The number of amides is 1. The van der Waals surface area contributed by atoms with Crippen LogP contribution in [-0.2, 0) is 18.3 Å². The number of benzene rings is 1. The number of aryl methyl sites for hydroxylation is 1. The van der Waals surface area contributed by atoms with Crippen molar-refractivity contribution in [1.29, 1.82) is 0 Å². The minimum absolute atomic E-state index is 0.00463. The molecule has 0 saturated heterocycles. The molecular formula is C15H19N3O. The van der Waals surface area contributed by atoms with Gasteiger partial charge < -0.3 is 9.88 Å². The van der Waals surface area contributed by atoms with Crippen LogP contribution in [0.1, 0.15) is 30.8 Å². The second kappa shape index (κ2) is 6.18. The molecule has 1 heterocycles. The van der Waals surface area contributed by atoms with Crippen LogP contribution >= 0.6 is 0 Å². The van der Waals surface area contributed by atoms with Crippen molar-refractivity contribution < 1.29 is 4.79 Å². The lowest BCUT2D eigenvalue weighted by molar-refractivity contribution is -0.121. The van der Waals surface area contributed by atoms with Gasteiger partial charge >= 0.3 is 0 Å². The fourth-order valence-corrected chi connectivity index (χ4v) is 2.06. The zero-order valence-corrected chi connectivity index (χ0v) is 11.3. The molecule has 1 atom stereocenters.